The molecule has 0 aliphatic rings. The highest BCUT2D eigenvalue weighted by Crippen LogP contribution is 2.05. The van der Waals surface area contributed by atoms with Crippen LogP contribution in [0.4, 0.5) is 0 Å². The molecule has 0 unspecified atom stereocenters. The Labute approximate surface area is 180 Å². The first-order valence-electron chi connectivity index (χ1n) is 9.31. The molecule has 152 valence electrons. The van der Waals surface area contributed by atoms with E-state index in [0.29, 0.717) is 16.0 Å². The van der Waals surface area contributed by atoms with Gasteiger partial charge in [0.1, 0.15) is 16.5 Å². The number of rotatable bonds is 5. The van der Waals surface area contributed by atoms with Gasteiger partial charge >= 0.3 is 0 Å². The van der Waals surface area contributed by atoms with E-state index in [4.69, 9.17) is 4.42 Å². The lowest BCUT2D eigenvalue weighted by Crippen LogP contribution is -2.33. The maximum atomic E-state index is 13.2. The van der Waals surface area contributed by atoms with Gasteiger partial charge in [-0.25, -0.2) is 0 Å². The van der Waals surface area contributed by atoms with Crippen LogP contribution in [-0.4, -0.2) is 15.5 Å². The van der Waals surface area contributed by atoms with Crippen LogP contribution in [0.15, 0.2) is 82.5 Å². The van der Waals surface area contributed by atoms with Crippen molar-refractivity contribution in [1.29, 1.82) is 5.26 Å². The summed E-state index contributed by atoms with van der Waals surface area (Å²) < 4.78 is 7.24. The number of benzene rings is 1. The summed E-state index contributed by atoms with van der Waals surface area (Å²) in [6.07, 6.45) is 6.48. The van der Waals surface area contributed by atoms with E-state index in [9.17, 15) is 14.9 Å². The molecule has 0 radical (unpaired) electrons. The first kappa shape index (κ1) is 20.1. The second-order valence-corrected chi connectivity index (χ2v) is 7.46. The molecular weight excluding hydrogens is 412 g/mol. The van der Waals surface area contributed by atoms with Crippen LogP contribution in [0.3, 0.4) is 0 Å². The first-order chi connectivity index (χ1) is 15.2. The fourth-order valence-corrected chi connectivity index (χ4v) is 4.04. The van der Waals surface area contributed by atoms with Crippen molar-refractivity contribution in [2.24, 2.45) is 0 Å². The number of nitrogens with zero attached hydrogens (tertiary/aromatic N) is 3. The van der Waals surface area contributed by atoms with E-state index < -0.39 is 5.91 Å². The molecule has 3 heterocycles. The summed E-state index contributed by atoms with van der Waals surface area (Å²) in [6.45, 7) is 0.132. The van der Waals surface area contributed by atoms with Gasteiger partial charge in [0, 0.05) is 12.4 Å². The number of thiazole rings is 1. The van der Waals surface area contributed by atoms with Crippen molar-refractivity contribution in [3.8, 4) is 11.8 Å². The van der Waals surface area contributed by atoms with E-state index in [-0.39, 0.29) is 22.3 Å². The third-order valence-corrected chi connectivity index (χ3v) is 5.47. The lowest BCUT2D eigenvalue weighted by molar-refractivity contribution is -0.115. The predicted molar refractivity (Wildman–Crippen MR) is 117 cm³/mol. The van der Waals surface area contributed by atoms with E-state index in [0.717, 1.165) is 16.9 Å². The Bertz CT molecular complexity index is 1410. The van der Waals surface area contributed by atoms with E-state index >= 15 is 0 Å². The third kappa shape index (κ3) is 4.37. The minimum atomic E-state index is -0.585. The Morgan fingerprint density at radius 1 is 1.19 bits per heavy atom. The number of hydrogen-bond donors (Lipinski definition) is 1. The van der Waals surface area contributed by atoms with Gasteiger partial charge in [-0.05, 0) is 42.0 Å². The Balaban J connectivity index is 1.89. The highest BCUT2D eigenvalue weighted by molar-refractivity contribution is 7.07. The highest BCUT2D eigenvalue weighted by Gasteiger charge is 2.17. The van der Waals surface area contributed by atoms with Gasteiger partial charge in [0.2, 0.25) is 0 Å². The zero-order valence-electron chi connectivity index (χ0n) is 16.2. The average Bonchev–Trinajstić information content (AvgIpc) is 3.43. The molecule has 1 aromatic carbocycles. The summed E-state index contributed by atoms with van der Waals surface area (Å²) in [5, 5.41) is 12.4. The summed E-state index contributed by atoms with van der Waals surface area (Å²) >= 11 is 1.08. The lowest BCUT2D eigenvalue weighted by Gasteiger charge is -2.04. The van der Waals surface area contributed by atoms with Crippen LogP contribution in [0, 0.1) is 11.3 Å². The number of furan rings is 1. The normalized spacial score (nSPS) is 12.3. The third-order valence-electron chi connectivity index (χ3n) is 4.38. The predicted octanol–water partition coefficient (Wildman–Crippen LogP) is 1.71. The zero-order chi connectivity index (χ0) is 21.6. The van der Waals surface area contributed by atoms with Crippen molar-refractivity contribution in [3.05, 3.63) is 104 Å². The standard InChI is InChI=1S/C23H16N4O3S/c24-13-19(21(28)26-15-18-9-5-11-30-18)23-27(17-7-2-1-3-8-17)22(29)20(31-23)12-16-6-4-10-25-14-16/h1-12,14H,15H2,(H,26,28)/b20-12+,23-19-. The molecule has 4 aromatic rings. The number of aromatic nitrogens is 2. The van der Waals surface area contributed by atoms with Crippen LogP contribution in [0.1, 0.15) is 11.3 Å². The molecular formula is C23H16N4O3S. The maximum absolute atomic E-state index is 13.2. The number of pyridine rings is 1. The second-order valence-electron chi connectivity index (χ2n) is 6.43. The minimum absolute atomic E-state index is 0.132. The number of amides is 1. The second kappa shape index (κ2) is 9.07. The zero-order valence-corrected chi connectivity index (χ0v) is 17.0. The quantitative estimate of drug-likeness (QED) is 0.522. The molecule has 0 spiro atoms. The molecule has 31 heavy (non-hydrogen) atoms. The molecule has 1 amide bonds. The van der Waals surface area contributed by atoms with Crippen LogP contribution < -0.4 is 20.1 Å². The van der Waals surface area contributed by atoms with Gasteiger partial charge in [-0.1, -0.05) is 24.3 Å². The molecule has 0 bridgehead atoms. The topological polar surface area (TPSA) is 101 Å². The maximum Gasteiger partial charge on any atom is 0.273 e. The van der Waals surface area contributed by atoms with Crippen molar-refractivity contribution < 1.29 is 9.21 Å². The largest absolute Gasteiger partial charge is 0.467 e. The van der Waals surface area contributed by atoms with E-state index in [2.05, 4.69) is 10.3 Å². The van der Waals surface area contributed by atoms with Gasteiger partial charge in [0.25, 0.3) is 11.5 Å². The molecule has 3 aromatic heterocycles. The summed E-state index contributed by atoms with van der Waals surface area (Å²) in [6, 6.07) is 17.9. The molecule has 0 saturated carbocycles. The summed E-state index contributed by atoms with van der Waals surface area (Å²) in [7, 11) is 0. The molecule has 0 saturated heterocycles. The van der Waals surface area contributed by atoms with E-state index in [1.54, 1.807) is 60.9 Å². The van der Waals surface area contributed by atoms with Gasteiger partial charge in [-0.3, -0.25) is 19.1 Å². The summed E-state index contributed by atoms with van der Waals surface area (Å²) in [5.74, 6) is -0.0272. The van der Waals surface area contributed by atoms with Crippen LogP contribution in [0.2, 0.25) is 0 Å². The molecule has 7 nitrogen and oxygen atoms in total. The number of carbonyl (C=O) groups is 1. The number of para-hydroxylation sites is 1. The van der Waals surface area contributed by atoms with E-state index in [1.165, 1.54) is 10.8 Å². The molecule has 0 aliphatic carbocycles. The smallest absolute Gasteiger partial charge is 0.273 e. The Kier molecular flexibility index (Phi) is 5.87. The first-order valence-corrected chi connectivity index (χ1v) is 10.1. The highest BCUT2D eigenvalue weighted by atomic mass is 32.1. The molecule has 0 atom stereocenters. The number of nitriles is 1. The number of hydrogen-bond acceptors (Lipinski definition) is 6. The fourth-order valence-electron chi connectivity index (χ4n) is 2.94. The number of nitrogens with one attached hydrogen (secondary N) is 1. The molecule has 1 N–H and O–H groups in total. The Morgan fingerprint density at radius 3 is 2.71 bits per heavy atom. The van der Waals surface area contributed by atoms with Crippen molar-refractivity contribution in [2.75, 3.05) is 0 Å². The van der Waals surface area contributed by atoms with Crippen molar-refractivity contribution in [1.82, 2.24) is 14.9 Å². The SMILES string of the molecule is N#C/C(C(=O)NCc1ccco1)=c1/s/c(=C/c2cccnc2)c(=O)n1-c1ccccc1. The molecule has 8 heteroatoms. The van der Waals surface area contributed by atoms with Crippen molar-refractivity contribution >= 4 is 28.9 Å². The Morgan fingerprint density at radius 2 is 2.03 bits per heavy atom. The summed E-state index contributed by atoms with van der Waals surface area (Å²) in [4.78, 5) is 30.1. The minimum Gasteiger partial charge on any atom is -0.467 e. The van der Waals surface area contributed by atoms with Gasteiger partial charge in [0.15, 0.2) is 5.57 Å². The van der Waals surface area contributed by atoms with Crippen molar-refractivity contribution in [3.63, 3.8) is 0 Å². The number of carbonyl (C=O) groups excluding carboxylic acids is 1. The van der Waals surface area contributed by atoms with E-state index in [1.807, 2.05) is 18.2 Å². The van der Waals surface area contributed by atoms with Crippen LogP contribution in [0.5, 0.6) is 0 Å². The van der Waals surface area contributed by atoms with Gasteiger partial charge in [-0.15, -0.1) is 11.3 Å². The van der Waals surface area contributed by atoms with Gasteiger partial charge in [0.05, 0.1) is 23.0 Å². The lowest BCUT2D eigenvalue weighted by atomic mass is 10.2. The van der Waals surface area contributed by atoms with Crippen LogP contribution >= 0.6 is 11.3 Å². The summed E-state index contributed by atoms with van der Waals surface area (Å²) in [5.41, 5.74) is 0.842. The average molecular weight is 428 g/mol. The Hall–Kier alpha value is -4.22. The monoisotopic (exact) mass is 428 g/mol. The van der Waals surface area contributed by atoms with Gasteiger partial charge in [-0.2, -0.15) is 5.26 Å². The van der Waals surface area contributed by atoms with Crippen LogP contribution in [-0.2, 0) is 11.3 Å². The van der Waals surface area contributed by atoms with Gasteiger partial charge < -0.3 is 9.73 Å². The fraction of sp³-hybridized carbons (Fsp3) is 0.0435. The molecule has 0 fully saturated rings. The van der Waals surface area contributed by atoms with Crippen molar-refractivity contribution in [2.45, 2.75) is 6.54 Å². The molecule has 4 rings (SSSR count). The van der Waals surface area contributed by atoms with Crippen LogP contribution in [0.25, 0.3) is 17.3 Å². The molecule has 0 aliphatic heterocycles.